The predicted octanol–water partition coefficient (Wildman–Crippen LogP) is 2.65. The number of fused-ring (bicyclic) bond motifs is 1. The molecule has 0 fully saturated rings. The minimum absolute atomic E-state index is 0.307. The van der Waals surface area contributed by atoms with E-state index < -0.39 is 16.1 Å². The largest absolute Gasteiger partial charge is 0.480 e. The van der Waals surface area contributed by atoms with Gasteiger partial charge in [-0.15, -0.1) is 0 Å². The van der Waals surface area contributed by atoms with Crippen molar-refractivity contribution in [3.05, 3.63) is 53.1 Å². The van der Waals surface area contributed by atoms with Crippen LogP contribution >= 0.6 is 11.6 Å². The highest BCUT2D eigenvalue weighted by Crippen LogP contribution is 2.31. The van der Waals surface area contributed by atoms with Crippen LogP contribution in [0.2, 0.25) is 5.02 Å². The third-order valence-electron chi connectivity index (χ3n) is 3.42. The first-order valence-corrected chi connectivity index (χ1v) is 9.41. The van der Waals surface area contributed by atoms with Gasteiger partial charge in [0, 0.05) is 17.1 Å². The molecule has 0 unspecified atom stereocenters. The molecule has 0 saturated heterocycles. The molecule has 24 heavy (non-hydrogen) atoms. The lowest BCUT2D eigenvalue weighted by atomic mass is 10.1. The average Bonchev–Trinajstić information content (AvgIpc) is 2.89. The molecular formula is C16H15ClN2O4S. The van der Waals surface area contributed by atoms with E-state index in [1.54, 1.807) is 36.4 Å². The van der Waals surface area contributed by atoms with E-state index in [1.807, 2.05) is 0 Å². The molecule has 1 heterocycles. The summed E-state index contributed by atoms with van der Waals surface area (Å²) >= 11 is 5.94. The van der Waals surface area contributed by atoms with E-state index in [2.05, 4.69) is 10.0 Å². The van der Waals surface area contributed by atoms with Crippen molar-refractivity contribution in [2.45, 2.75) is 12.5 Å². The maximum Gasteiger partial charge on any atom is 0.265 e. The Morgan fingerprint density at radius 1 is 1.21 bits per heavy atom. The number of ether oxygens (including phenoxy) is 1. The Morgan fingerprint density at radius 2 is 1.96 bits per heavy atom. The third-order valence-corrected chi connectivity index (χ3v) is 4.26. The first kappa shape index (κ1) is 16.6. The number of carbonyl (C=O) groups excluding carboxylic acids is 1. The SMILES string of the molecule is CS(=O)(=O)Nc1cccc(NC(=O)[C@H]2Cc3cc(Cl)ccc3O2)c1. The number of sulfonamides is 1. The zero-order valence-corrected chi connectivity index (χ0v) is 14.3. The van der Waals surface area contributed by atoms with Gasteiger partial charge in [-0.3, -0.25) is 9.52 Å². The normalized spacial score (nSPS) is 16.2. The van der Waals surface area contributed by atoms with E-state index in [1.165, 1.54) is 6.07 Å². The Bertz CT molecular complexity index is 899. The fraction of sp³-hybridized carbons (Fsp3) is 0.188. The number of hydrogen-bond donors (Lipinski definition) is 2. The molecule has 0 radical (unpaired) electrons. The van der Waals surface area contributed by atoms with Gasteiger partial charge in [-0.05, 0) is 42.0 Å². The fourth-order valence-corrected chi connectivity index (χ4v) is 3.21. The first-order chi connectivity index (χ1) is 11.3. The lowest BCUT2D eigenvalue weighted by molar-refractivity contribution is -0.122. The molecule has 0 bridgehead atoms. The van der Waals surface area contributed by atoms with Gasteiger partial charge in [-0.2, -0.15) is 0 Å². The average molecular weight is 367 g/mol. The van der Waals surface area contributed by atoms with E-state index in [0.717, 1.165) is 11.8 Å². The lowest BCUT2D eigenvalue weighted by Crippen LogP contribution is -2.31. The van der Waals surface area contributed by atoms with Crippen LogP contribution in [0.1, 0.15) is 5.56 Å². The number of nitrogens with one attached hydrogen (secondary N) is 2. The van der Waals surface area contributed by atoms with Crippen LogP contribution in [0.15, 0.2) is 42.5 Å². The monoisotopic (exact) mass is 366 g/mol. The van der Waals surface area contributed by atoms with Crippen molar-refractivity contribution < 1.29 is 17.9 Å². The molecular weight excluding hydrogens is 352 g/mol. The van der Waals surface area contributed by atoms with E-state index >= 15 is 0 Å². The Hall–Kier alpha value is -2.25. The van der Waals surface area contributed by atoms with Crippen LogP contribution in [0.3, 0.4) is 0 Å². The zero-order valence-electron chi connectivity index (χ0n) is 12.7. The van der Waals surface area contributed by atoms with Gasteiger partial charge in [0.25, 0.3) is 5.91 Å². The molecule has 8 heteroatoms. The quantitative estimate of drug-likeness (QED) is 0.871. The van der Waals surface area contributed by atoms with Crippen LogP contribution in [0.4, 0.5) is 11.4 Å². The number of anilines is 2. The minimum atomic E-state index is -3.38. The van der Waals surface area contributed by atoms with Crippen molar-refractivity contribution in [2.75, 3.05) is 16.3 Å². The molecule has 1 amide bonds. The van der Waals surface area contributed by atoms with Gasteiger partial charge in [0.1, 0.15) is 5.75 Å². The molecule has 2 N–H and O–H groups in total. The fourth-order valence-electron chi connectivity index (χ4n) is 2.46. The van der Waals surface area contributed by atoms with E-state index in [4.69, 9.17) is 16.3 Å². The second-order valence-corrected chi connectivity index (χ2v) is 7.69. The molecule has 0 aromatic heterocycles. The molecule has 3 rings (SSSR count). The summed E-state index contributed by atoms with van der Waals surface area (Å²) in [5.41, 5.74) is 1.74. The third kappa shape index (κ3) is 3.98. The van der Waals surface area contributed by atoms with Crippen molar-refractivity contribution in [2.24, 2.45) is 0 Å². The summed E-state index contributed by atoms with van der Waals surface area (Å²) in [7, 11) is -3.38. The first-order valence-electron chi connectivity index (χ1n) is 7.14. The summed E-state index contributed by atoms with van der Waals surface area (Å²) in [6.07, 6.45) is 0.848. The van der Waals surface area contributed by atoms with Crippen molar-refractivity contribution in [1.29, 1.82) is 0 Å². The summed E-state index contributed by atoms with van der Waals surface area (Å²) in [5, 5.41) is 3.32. The Balaban J connectivity index is 1.69. The molecule has 1 aliphatic heterocycles. The van der Waals surface area contributed by atoms with Crippen LogP contribution in [-0.2, 0) is 21.2 Å². The second kappa shape index (κ2) is 6.33. The number of benzene rings is 2. The number of halogens is 1. The number of carbonyl (C=O) groups is 1. The van der Waals surface area contributed by atoms with Crippen molar-refractivity contribution in [3.63, 3.8) is 0 Å². The topological polar surface area (TPSA) is 84.5 Å². The molecule has 0 saturated carbocycles. The Kier molecular flexibility index (Phi) is 4.38. The van der Waals surface area contributed by atoms with Crippen LogP contribution < -0.4 is 14.8 Å². The molecule has 1 atom stereocenters. The summed E-state index contributed by atoms with van der Waals surface area (Å²) in [5.74, 6) is 0.339. The van der Waals surface area contributed by atoms with Gasteiger partial charge in [0.15, 0.2) is 6.10 Å². The van der Waals surface area contributed by atoms with E-state index in [9.17, 15) is 13.2 Å². The minimum Gasteiger partial charge on any atom is -0.480 e. The van der Waals surface area contributed by atoms with Gasteiger partial charge in [0.2, 0.25) is 10.0 Å². The molecule has 2 aromatic rings. The van der Waals surface area contributed by atoms with Crippen LogP contribution in [0.5, 0.6) is 5.75 Å². The molecule has 1 aliphatic rings. The van der Waals surface area contributed by atoms with Crippen molar-refractivity contribution >= 4 is 38.9 Å². The molecule has 6 nitrogen and oxygen atoms in total. The van der Waals surface area contributed by atoms with Gasteiger partial charge < -0.3 is 10.1 Å². The second-order valence-electron chi connectivity index (χ2n) is 5.51. The van der Waals surface area contributed by atoms with E-state index in [0.29, 0.717) is 28.6 Å². The highest BCUT2D eigenvalue weighted by atomic mass is 35.5. The summed E-state index contributed by atoms with van der Waals surface area (Å²) in [4.78, 5) is 12.4. The Labute approximate surface area is 144 Å². The molecule has 0 spiro atoms. The summed E-state index contributed by atoms with van der Waals surface area (Å²) < 4.78 is 30.5. The van der Waals surface area contributed by atoms with Gasteiger partial charge in [0.05, 0.1) is 11.9 Å². The van der Waals surface area contributed by atoms with Gasteiger partial charge in [-0.25, -0.2) is 8.42 Å². The smallest absolute Gasteiger partial charge is 0.265 e. The summed E-state index contributed by atoms with van der Waals surface area (Å²) in [6.45, 7) is 0. The van der Waals surface area contributed by atoms with Gasteiger partial charge >= 0.3 is 0 Å². The van der Waals surface area contributed by atoms with E-state index in [-0.39, 0.29) is 5.91 Å². The van der Waals surface area contributed by atoms with Crippen LogP contribution in [-0.4, -0.2) is 26.7 Å². The number of amides is 1. The Morgan fingerprint density at radius 3 is 2.71 bits per heavy atom. The van der Waals surface area contributed by atoms with Gasteiger partial charge in [-0.1, -0.05) is 17.7 Å². The predicted molar refractivity (Wildman–Crippen MR) is 93.1 cm³/mol. The molecule has 2 aromatic carbocycles. The van der Waals surface area contributed by atoms with Crippen LogP contribution in [0, 0.1) is 0 Å². The van der Waals surface area contributed by atoms with Crippen molar-refractivity contribution in [1.82, 2.24) is 0 Å². The lowest BCUT2D eigenvalue weighted by Gasteiger charge is -2.12. The van der Waals surface area contributed by atoms with Crippen LogP contribution in [0.25, 0.3) is 0 Å². The standard InChI is InChI=1S/C16H15ClN2O4S/c1-24(21,22)19-13-4-2-3-12(9-13)18-16(20)15-8-10-7-11(17)5-6-14(10)23-15/h2-7,9,15,19H,8H2,1H3,(H,18,20)/t15-/m1/s1. The maximum atomic E-state index is 12.4. The highest BCUT2D eigenvalue weighted by Gasteiger charge is 2.29. The number of hydrogen-bond acceptors (Lipinski definition) is 4. The highest BCUT2D eigenvalue weighted by molar-refractivity contribution is 7.92. The molecule has 0 aliphatic carbocycles. The van der Waals surface area contributed by atoms with Crippen molar-refractivity contribution in [3.8, 4) is 5.75 Å². The zero-order chi connectivity index (χ0) is 17.3. The summed E-state index contributed by atoms with van der Waals surface area (Å²) in [6, 6.07) is 11.7. The number of rotatable bonds is 4. The molecule has 126 valence electrons. The maximum absolute atomic E-state index is 12.4.